The molecule has 0 amide bonds. The van der Waals surface area contributed by atoms with Gasteiger partial charge in [-0.25, -0.2) is 14.8 Å². The highest BCUT2D eigenvalue weighted by molar-refractivity contribution is 7.99. The molecule has 2 aromatic heterocycles. The third-order valence-electron chi connectivity index (χ3n) is 3.03. The summed E-state index contributed by atoms with van der Waals surface area (Å²) in [6, 6.07) is 5.29. The summed E-state index contributed by atoms with van der Waals surface area (Å²) in [5, 5.41) is 0.840. The fraction of sp³-hybridized carbons (Fsp3) is 0.214. The SMILES string of the molecule is COC(=O)c1ccc2nc(SCCn3ccnc3)[nH]c2c1. The first-order chi connectivity index (χ1) is 10.3. The van der Waals surface area contributed by atoms with Crippen molar-refractivity contribution in [3.05, 3.63) is 42.5 Å². The van der Waals surface area contributed by atoms with Crippen molar-refractivity contribution in [2.24, 2.45) is 0 Å². The molecule has 3 rings (SSSR count). The number of aromatic amines is 1. The zero-order valence-corrected chi connectivity index (χ0v) is 12.3. The van der Waals surface area contributed by atoms with Gasteiger partial charge in [0.2, 0.25) is 0 Å². The number of ether oxygens (including phenoxy) is 1. The highest BCUT2D eigenvalue weighted by Gasteiger charge is 2.09. The number of aromatic nitrogens is 4. The summed E-state index contributed by atoms with van der Waals surface area (Å²) in [5.41, 5.74) is 2.19. The van der Waals surface area contributed by atoms with E-state index >= 15 is 0 Å². The summed E-state index contributed by atoms with van der Waals surface area (Å²) in [6.45, 7) is 0.870. The quantitative estimate of drug-likeness (QED) is 0.578. The third kappa shape index (κ3) is 3.08. The minimum Gasteiger partial charge on any atom is -0.465 e. The molecule has 0 radical (unpaired) electrons. The van der Waals surface area contributed by atoms with Gasteiger partial charge in [0.15, 0.2) is 5.16 Å². The van der Waals surface area contributed by atoms with Gasteiger partial charge in [0.05, 0.1) is 30.0 Å². The Labute approximate surface area is 125 Å². The number of H-pyrrole nitrogens is 1. The lowest BCUT2D eigenvalue weighted by atomic mass is 10.2. The fourth-order valence-corrected chi connectivity index (χ4v) is 2.81. The van der Waals surface area contributed by atoms with E-state index in [2.05, 4.69) is 15.0 Å². The van der Waals surface area contributed by atoms with E-state index in [-0.39, 0.29) is 5.97 Å². The van der Waals surface area contributed by atoms with Crippen LogP contribution in [0.4, 0.5) is 0 Å². The third-order valence-corrected chi connectivity index (χ3v) is 3.88. The summed E-state index contributed by atoms with van der Waals surface area (Å²) in [7, 11) is 1.37. The smallest absolute Gasteiger partial charge is 0.337 e. The van der Waals surface area contributed by atoms with Gasteiger partial charge >= 0.3 is 5.97 Å². The second-order valence-electron chi connectivity index (χ2n) is 4.41. The van der Waals surface area contributed by atoms with E-state index in [4.69, 9.17) is 4.74 Å². The van der Waals surface area contributed by atoms with Crippen LogP contribution < -0.4 is 0 Å². The zero-order chi connectivity index (χ0) is 14.7. The molecule has 0 aliphatic rings. The van der Waals surface area contributed by atoms with Crippen LogP contribution >= 0.6 is 11.8 Å². The van der Waals surface area contributed by atoms with Crippen LogP contribution in [0.3, 0.4) is 0 Å². The van der Waals surface area contributed by atoms with Gasteiger partial charge in [-0.2, -0.15) is 0 Å². The van der Waals surface area contributed by atoms with Crippen molar-refractivity contribution in [3.8, 4) is 0 Å². The average Bonchev–Trinajstić information content (AvgIpc) is 3.14. The summed E-state index contributed by atoms with van der Waals surface area (Å²) in [5.74, 6) is 0.542. The van der Waals surface area contributed by atoms with Crippen LogP contribution in [-0.2, 0) is 11.3 Å². The van der Waals surface area contributed by atoms with Crippen molar-refractivity contribution in [2.75, 3.05) is 12.9 Å². The Morgan fingerprint density at radius 2 is 2.38 bits per heavy atom. The van der Waals surface area contributed by atoms with Gasteiger partial charge in [0.25, 0.3) is 0 Å². The highest BCUT2D eigenvalue weighted by Crippen LogP contribution is 2.21. The van der Waals surface area contributed by atoms with Crippen molar-refractivity contribution in [1.29, 1.82) is 0 Å². The highest BCUT2D eigenvalue weighted by atomic mass is 32.2. The number of hydrogen-bond acceptors (Lipinski definition) is 5. The molecule has 0 saturated carbocycles. The molecule has 0 aliphatic carbocycles. The number of thioether (sulfide) groups is 1. The Balaban J connectivity index is 1.70. The minimum atomic E-state index is -0.346. The predicted molar refractivity (Wildman–Crippen MR) is 80.4 cm³/mol. The first kappa shape index (κ1) is 13.7. The number of aryl methyl sites for hydroxylation is 1. The van der Waals surface area contributed by atoms with Crippen LogP contribution in [0.1, 0.15) is 10.4 Å². The van der Waals surface area contributed by atoms with Crippen LogP contribution in [0, 0.1) is 0 Å². The van der Waals surface area contributed by atoms with Gasteiger partial charge in [-0.3, -0.25) is 0 Å². The number of rotatable bonds is 5. The normalized spacial score (nSPS) is 10.9. The van der Waals surface area contributed by atoms with Crippen LogP contribution in [-0.4, -0.2) is 38.4 Å². The lowest BCUT2D eigenvalue weighted by Gasteiger charge is -1.99. The van der Waals surface area contributed by atoms with Gasteiger partial charge in [-0.05, 0) is 18.2 Å². The van der Waals surface area contributed by atoms with Crippen molar-refractivity contribution < 1.29 is 9.53 Å². The second-order valence-corrected chi connectivity index (χ2v) is 5.50. The van der Waals surface area contributed by atoms with Crippen LogP contribution in [0.2, 0.25) is 0 Å². The lowest BCUT2D eigenvalue weighted by Crippen LogP contribution is -2.00. The van der Waals surface area contributed by atoms with Crippen LogP contribution in [0.5, 0.6) is 0 Å². The van der Waals surface area contributed by atoms with Crippen molar-refractivity contribution >= 4 is 28.8 Å². The zero-order valence-electron chi connectivity index (χ0n) is 11.4. The maximum atomic E-state index is 11.5. The van der Waals surface area contributed by atoms with Crippen molar-refractivity contribution in [2.45, 2.75) is 11.7 Å². The number of nitrogens with zero attached hydrogens (tertiary/aromatic N) is 3. The number of benzene rings is 1. The molecule has 7 heteroatoms. The minimum absolute atomic E-state index is 0.346. The standard InChI is InChI=1S/C14H14N4O2S/c1-20-13(19)10-2-3-11-12(8-10)17-14(16-11)21-7-6-18-5-4-15-9-18/h2-5,8-9H,6-7H2,1H3,(H,16,17). The summed E-state index contributed by atoms with van der Waals surface area (Å²) < 4.78 is 6.73. The second kappa shape index (κ2) is 6.01. The number of nitrogens with one attached hydrogen (secondary N) is 1. The fourth-order valence-electron chi connectivity index (χ4n) is 1.97. The van der Waals surface area contributed by atoms with E-state index in [0.29, 0.717) is 5.56 Å². The molecule has 0 unspecified atom stereocenters. The van der Waals surface area contributed by atoms with Crippen LogP contribution in [0.25, 0.3) is 11.0 Å². The molecule has 0 aliphatic heterocycles. The monoisotopic (exact) mass is 302 g/mol. The molecule has 0 atom stereocenters. The predicted octanol–water partition coefficient (Wildman–Crippen LogP) is 2.34. The Bertz CT molecular complexity index is 752. The molecule has 0 spiro atoms. The number of carbonyl (C=O) groups excluding carboxylic acids is 1. The number of methoxy groups -OCH3 is 1. The Morgan fingerprint density at radius 3 is 3.14 bits per heavy atom. The molecule has 0 saturated heterocycles. The van der Waals surface area contributed by atoms with Gasteiger partial charge in [0, 0.05) is 24.7 Å². The molecular formula is C14H14N4O2S. The molecular weight excluding hydrogens is 288 g/mol. The largest absolute Gasteiger partial charge is 0.465 e. The summed E-state index contributed by atoms with van der Waals surface area (Å²) in [4.78, 5) is 23.2. The summed E-state index contributed by atoms with van der Waals surface area (Å²) >= 11 is 1.63. The molecule has 1 N–H and O–H groups in total. The molecule has 3 aromatic rings. The van der Waals surface area contributed by atoms with Gasteiger partial charge < -0.3 is 14.3 Å². The van der Waals surface area contributed by atoms with Crippen molar-refractivity contribution in [3.63, 3.8) is 0 Å². The molecule has 1 aromatic carbocycles. The number of imidazole rings is 2. The van der Waals surface area contributed by atoms with E-state index in [1.807, 2.05) is 16.8 Å². The maximum absolute atomic E-state index is 11.5. The molecule has 21 heavy (non-hydrogen) atoms. The molecule has 2 heterocycles. The van der Waals surface area contributed by atoms with E-state index in [9.17, 15) is 4.79 Å². The number of esters is 1. The average molecular weight is 302 g/mol. The van der Waals surface area contributed by atoms with E-state index in [0.717, 1.165) is 28.5 Å². The first-order valence-electron chi connectivity index (χ1n) is 6.43. The number of carbonyl (C=O) groups is 1. The molecule has 0 bridgehead atoms. The van der Waals surface area contributed by atoms with Gasteiger partial charge in [0.1, 0.15) is 0 Å². The number of hydrogen-bond donors (Lipinski definition) is 1. The van der Waals surface area contributed by atoms with Crippen LogP contribution in [0.15, 0.2) is 42.1 Å². The topological polar surface area (TPSA) is 72.8 Å². The van der Waals surface area contributed by atoms with Crippen molar-refractivity contribution in [1.82, 2.24) is 19.5 Å². The Hall–Kier alpha value is -2.28. The first-order valence-corrected chi connectivity index (χ1v) is 7.41. The molecule has 6 nitrogen and oxygen atoms in total. The van der Waals surface area contributed by atoms with Gasteiger partial charge in [-0.15, -0.1) is 0 Å². The maximum Gasteiger partial charge on any atom is 0.337 e. The van der Waals surface area contributed by atoms with E-state index < -0.39 is 0 Å². The van der Waals surface area contributed by atoms with E-state index in [1.165, 1.54) is 7.11 Å². The molecule has 108 valence electrons. The number of fused-ring (bicyclic) bond motifs is 1. The Morgan fingerprint density at radius 1 is 1.48 bits per heavy atom. The van der Waals surface area contributed by atoms with Gasteiger partial charge in [-0.1, -0.05) is 11.8 Å². The summed E-state index contributed by atoms with van der Waals surface area (Å²) in [6.07, 6.45) is 5.49. The Kier molecular flexibility index (Phi) is 3.92. The van der Waals surface area contributed by atoms with E-state index in [1.54, 1.807) is 36.4 Å². The lowest BCUT2D eigenvalue weighted by molar-refractivity contribution is 0.0601. The molecule has 0 fully saturated rings.